The van der Waals surface area contributed by atoms with Crippen LogP contribution >= 0.6 is 0 Å². The van der Waals surface area contributed by atoms with Crippen molar-refractivity contribution < 1.29 is 38.2 Å². The van der Waals surface area contributed by atoms with Crippen LogP contribution in [0.2, 0.25) is 0 Å². The number of quaternary nitrogens is 1. The molecule has 0 amide bonds. The molecule has 0 rings (SSSR count). The fourth-order valence-electron chi connectivity index (χ4n) is 6.32. The Morgan fingerprint density at radius 1 is 0.552 bits per heavy atom. The Hall–Kier alpha value is -3.23. The SMILES string of the molecule is CC/C=C/C/C=C/C/C=C/CCCCCCCCC(=O)OCC(COCCC(C(=O)[O-])[N+](C)(C)C)OC(=O)CCCCCCC/C=C/C=C/C=C/CCCCCCC. The molecule has 0 spiro atoms. The van der Waals surface area contributed by atoms with Crippen molar-refractivity contribution in [3.05, 3.63) is 72.9 Å². The standard InChI is InChI=1S/C50H85NO7/c1-6-8-10-12-14-16-18-20-22-24-25-27-29-31-33-35-37-39-41-49(53)58-46(44-56-43-42-47(50(54)55)51(3,4)5)45-57-48(52)40-38-36-34-32-30-28-26-23-21-19-17-15-13-11-9-7-2/h9,11,15,17-18,20-25,27,46-47H,6-8,10,12-14,16,19,26,28-45H2,1-5H3/b11-9+,17-15+,20-18+,23-21+,24-22+,27-25+. The summed E-state index contributed by atoms with van der Waals surface area (Å²) in [7, 11) is 5.39. The number of rotatable bonds is 40. The number of unbranched alkanes of at least 4 members (excludes halogenated alkanes) is 16. The van der Waals surface area contributed by atoms with Crippen LogP contribution in [-0.4, -0.2) is 75.5 Å². The lowest BCUT2D eigenvalue weighted by Gasteiger charge is -2.34. The van der Waals surface area contributed by atoms with Crippen LogP contribution in [0.15, 0.2) is 72.9 Å². The number of carboxylic acids is 1. The average molecular weight is 812 g/mol. The van der Waals surface area contributed by atoms with E-state index in [1.54, 1.807) is 21.1 Å². The number of allylic oxidation sites excluding steroid dienone is 12. The quantitative estimate of drug-likeness (QED) is 0.0200. The summed E-state index contributed by atoms with van der Waals surface area (Å²) in [5.74, 6) is -1.78. The Bertz CT molecular complexity index is 1180. The maximum absolute atomic E-state index is 12.7. The first-order chi connectivity index (χ1) is 28.1. The van der Waals surface area contributed by atoms with Crippen molar-refractivity contribution in [1.29, 1.82) is 0 Å². The highest BCUT2D eigenvalue weighted by Gasteiger charge is 2.25. The molecule has 0 bridgehead atoms. The number of likely N-dealkylation sites (N-methyl/N-ethyl adjacent to an activating group) is 1. The number of carboxylic acid groups (broad SMARTS) is 1. The van der Waals surface area contributed by atoms with E-state index in [1.165, 1.54) is 44.9 Å². The molecule has 0 aliphatic heterocycles. The highest BCUT2D eigenvalue weighted by molar-refractivity contribution is 5.70. The molecule has 0 fully saturated rings. The van der Waals surface area contributed by atoms with Crippen LogP contribution in [-0.2, 0) is 28.6 Å². The first kappa shape index (κ1) is 54.8. The summed E-state index contributed by atoms with van der Waals surface area (Å²) in [6.45, 7) is 4.49. The van der Waals surface area contributed by atoms with Gasteiger partial charge in [0.25, 0.3) is 0 Å². The number of ether oxygens (including phenoxy) is 3. The first-order valence-corrected chi connectivity index (χ1v) is 23.0. The first-order valence-electron chi connectivity index (χ1n) is 23.0. The van der Waals surface area contributed by atoms with Gasteiger partial charge in [0.1, 0.15) is 12.6 Å². The molecule has 8 nitrogen and oxygen atoms in total. The largest absolute Gasteiger partial charge is 0.544 e. The number of hydrogen-bond acceptors (Lipinski definition) is 7. The molecule has 8 heteroatoms. The Balaban J connectivity index is 4.40. The topological polar surface area (TPSA) is 102 Å². The normalized spacial score (nSPS) is 13.6. The molecule has 0 aliphatic rings. The van der Waals surface area contributed by atoms with Crippen molar-refractivity contribution in [2.75, 3.05) is 41.0 Å². The van der Waals surface area contributed by atoms with E-state index < -0.39 is 18.1 Å². The van der Waals surface area contributed by atoms with E-state index in [2.05, 4.69) is 86.8 Å². The monoisotopic (exact) mass is 812 g/mol. The van der Waals surface area contributed by atoms with Crippen LogP contribution in [0.25, 0.3) is 0 Å². The molecule has 332 valence electrons. The Labute approximate surface area is 355 Å². The summed E-state index contributed by atoms with van der Waals surface area (Å²) >= 11 is 0. The minimum absolute atomic E-state index is 0.0244. The predicted molar refractivity (Wildman–Crippen MR) is 240 cm³/mol. The van der Waals surface area contributed by atoms with E-state index in [0.717, 1.165) is 96.3 Å². The smallest absolute Gasteiger partial charge is 0.306 e. The average Bonchev–Trinajstić information content (AvgIpc) is 3.18. The zero-order chi connectivity index (χ0) is 42.8. The van der Waals surface area contributed by atoms with Gasteiger partial charge in [0.05, 0.1) is 40.3 Å². The van der Waals surface area contributed by atoms with E-state index in [4.69, 9.17) is 14.2 Å². The van der Waals surface area contributed by atoms with Crippen molar-refractivity contribution in [3.63, 3.8) is 0 Å². The summed E-state index contributed by atoms with van der Waals surface area (Å²) in [6.07, 6.45) is 50.6. The van der Waals surface area contributed by atoms with Gasteiger partial charge in [-0.15, -0.1) is 0 Å². The molecule has 0 N–H and O–H groups in total. The minimum atomic E-state index is -1.13. The summed E-state index contributed by atoms with van der Waals surface area (Å²) in [4.78, 5) is 36.9. The van der Waals surface area contributed by atoms with Crippen molar-refractivity contribution in [2.24, 2.45) is 0 Å². The maximum Gasteiger partial charge on any atom is 0.306 e. The lowest BCUT2D eigenvalue weighted by molar-refractivity contribution is -0.889. The summed E-state index contributed by atoms with van der Waals surface area (Å²) in [5.41, 5.74) is 0. The second-order valence-electron chi connectivity index (χ2n) is 16.3. The van der Waals surface area contributed by atoms with E-state index in [9.17, 15) is 19.5 Å². The van der Waals surface area contributed by atoms with Crippen molar-refractivity contribution in [1.82, 2.24) is 0 Å². The zero-order valence-corrected chi connectivity index (χ0v) is 37.7. The van der Waals surface area contributed by atoms with Gasteiger partial charge in [-0.1, -0.05) is 157 Å². The molecule has 0 aromatic carbocycles. The molecule has 58 heavy (non-hydrogen) atoms. The highest BCUT2D eigenvalue weighted by atomic mass is 16.6. The number of aliphatic carboxylic acids is 1. The fourth-order valence-corrected chi connectivity index (χ4v) is 6.32. The molecular formula is C50H85NO7. The lowest BCUT2D eigenvalue weighted by Crippen LogP contribution is -2.55. The van der Waals surface area contributed by atoms with Crippen LogP contribution in [0.4, 0.5) is 0 Å². The maximum atomic E-state index is 12.7. The van der Waals surface area contributed by atoms with Gasteiger partial charge in [-0.05, 0) is 70.6 Å². The molecule has 0 aromatic heterocycles. The van der Waals surface area contributed by atoms with Gasteiger partial charge in [-0.2, -0.15) is 0 Å². The van der Waals surface area contributed by atoms with Crippen LogP contribution < -0.4 is 5.11 Å². The van der Waals surface area contributed by atoms with Crippen LogP contribution in [0.5, 0.6) is 0 Å². The third-order valence-electron chi connectivity index (χ3n) is 9.89. The Kier molecular flexibility index (Phi) is 38.3. The van der Waals surface area contributed by atoms with Gasteiger partial charge >= 0.3 is 11.9 Å². The van der Waals surface area contributed by atoms with Crippen molar-refractivity contribution in [3.8, 4) is 0 Å². The molecule has 0 aliphatic carbocycles. The summed E-state index contributed by atoms with van der Waals surface area (Å²) < 4.78 is 17.2. The van der Waals surface area contributed by atoms with Crippen LogP contribution in [0.3, 0.4) is 0 Å². The van der Waals surface area contributed by atoms with Gasteiger partial charge in [0, 0.05) is 19.3 Å². The summed E-state index contributed by atoms with van der Waals surface area (Å²) in [5, 5.41) is 11.6. The number of nitrogens with zero attached hydrogens (tertiary/aromatic N) is 1. The second kappa shape index (κ2) is 40.5. The number of esters is 2. The van der Waals surface area contributed by atoms with E-state index >= 15 is 0 Å². The molecule has 0 radical (unpaired) electrons. The summed E-state index contributed by atoms with van der Waals surface area (Å²) in [6, 6.07) is -0.735. The number of carbonyl (C=O) groups is 3. The Morgan fingerprint density at radius 3 is 1.57 bits per heavy atom. The number of hydrogen-bond donors (Lipinski definition) is 0. The fraction of sp³-hybridized carbons (Fsp3) is 0.700. The van der Waals surface area contributed by atoms with Gasteiger partial charge in [0.2, 0.25) is 0 Å². The molecule has 0 heterocycles. The van der Waals surface area contributed by atoms with Crippen LogP contribution in [0, 0.1) is 0 Å². The molecule has 2 atom stereocenters. The van der Waals surface area contributed by atoms with Gasteiger partial charge in [0.15, 0.2) is 6.10 Å². The minimum Gasteiger partial charge on any atom is -0.544 e. The predicted octanol–water partition coefficient (Wildman–Crippen LogP) is 11.4. The number of carbonyl (C=O) groups excluding carboxylic acids is 3. The molecule has 0 saturated heterocycles. The molecular weight excluding hydrogens is 727 g/mol. The second-order valence-corrected chi connectivity index (χ2v) is 16.3. The van der Waals surface area contributed by atoms with E-state index in [-0.39, 0.29) is 42.7 Å². The van der Waals surface area contributed by atoms with Crippen LogP contribution in [0.1, 0.15) is 174 Å². The molecule has 2 unspecified atom stereocenters. The highest BCUT2D eigenvalue weighted by Crippen LogP contribution is 2.13. The van der Waals surface area contributed by atoms with Gasteiger partial charge < -0.3 is 28.6 Å². The van der Waals surface area contributed by atoms with Gasteiger partial charge in [-0.25, -0.2) is 0 Å². The molecule has 0 saturated carbocycles. The van der Waals surface area contributed by atoms with E-state index in [0.29, 0.717) is 12.8 Å². The van der Waals surface area contributed by atoms with Crippen molar-refractivity contribution in [2.45, 2.75) is 187 Å². The third-order valence-corrected chi connectivity index (χ3v) is 9.89. The van der Waals surface area contributed by atoms with E-state index in [1.807, 2.05) is 0 Å². The zero-order valence-electron chi connectivity index (χ0n) is 37.7. The van der Waals surface area contributed by atoms with Crippen molar-refractivity contribution >= 4 is 17.9 Å². The third kappa shape index (κ3) is 38.3. The van der Waals surface area contributed by atoms with Gasteiger partial charge in [-0.3, -0.25) is 9.59 Å². The molecule has 0 aromatic rings. The lowest BCUT2D eigenvalue weighted by atomic mass is 10.1. The Morgan fingerprint density at radius 2 is 1.03 bits per heavy atom.